The van der Waals surface area contributed by atoms with Gasteiger partial charge in [0.2, 0.25) is 0 Å². The van der Waals surface area contributed by atoms with E-state index in [9.17, 15) is 4.39 Å². The first-order valence-corrected chi connectivity index (χ1v) is 9.60. The van der Waals surface area contributed by atoms with Gasteiger partial charge in [0.05, 0.1) is 13.2 Å². The van der Waals surface area contributed by atoms with Crippen LogP contribution in [0.1, 0.15) is 30.9 Å². The summed E-state index contributed by atoms with van der Waals surface area (Å²) < 4.78 is 18.5. The number of rotatable bonds is 8. The van der Waals surface area contributed by atoms with Gasteiger partial charge in [-0.1, -0.05) is 12.1 Å². The summed E-state index contributed by atoms with van der Waals surface area (Å²) in [6, 6.07) is 5.17. The van der Waals surface area contributed by atoms with E-state index in [-0.39, 0.29) is 29.8 Å². The fourth-order valence-electron chi connectivity index (χ4n) is 3.19. The Morgan fingerprint density at radius 1 is 1.30 bits per heavy atom. The summed E-state index contributed by atoms with van der Waals surface area (Å²) in [5.41, 5.74) is 1.68. The van der Waals surface area contributed by atoms with E-state index in [2.05, 4.69) is 27.4 Å². The Morgan fingerprint density at radius 2 is 2.04 bits per heavy atom. The van der Waals surface area contributed by atoms with Gasteiger partial charge in [-0.05, 0) is 62.9 Å². The predicted molar refractivity (Wildman–Crippen MR) is 120 cm³/mol. The molecule has 0 atom stereocenters. The molecular weight excluding hydrogens is 458 g/mol. The summed E-state index contributed by atoms with van der Waals surface area (Å²) in [5.74, 6) is 1.33. The van der Waals surface area contributed by atoms with E-state index < -0.39 is 0 Å². The number of hydrogen-bond donors (Lipinski definition) is 2. The molecule has 1 saturated heterocycles. The molecule has 0 aromatic heterocycles. The Labute approximate surface area is 180 Å². The monoisotopic (exact) mass is 492 g/mol. The third-order valence-corrected chi connectivity index (χ3v) is 4.86. The van der Waals surface area contributed by atoms with Crippen LogP contribution in [-0.2, 0) is 11.3 Å². The van der Waals surface area contributed by atoms with Gasteiger partial charge >= 0.3 is 0 Å². The Morgan fingerprint density at radius 3 is 2.67 bits per heavy atom. The first-order valence-electron chi connectivity index (χ1n) is 9.60. The number of nitrogens with zero attached hydrogens (tertiary/aromatic N) is 2. The molecule has 0 aliphatic carbocycles. The second-order valence-corrected chi connectivity index (χ2v) is 6.94. The van der Waals surface area contributed by atoms with Crippen molar-refractivity contribution in [2.45, 2.75) is 33.2 Å². The standard InChI is InChI=1S/C20H33FN4O.HI/c1-4-22-20(24-15-18-5-6-19(21)16(2)13-18)23-14-17-7-9-25(10-8-17)11-12-26-3;/h5-6,13,17H,4,7-12,14-15H2,1-3H3,(H2,22,23,24);1H. The maximum Gasteiger partial charge on any atom is 0.191 e. The lowest BCUT2D eigenvalue weighted by Crippen LogP contribution is -2.43. The van der Waals surface area contributed by atoms with Gasteiger partial charge in [0, 0.05) is 26.7 Å². The van der Waals surface area contributed by atoms with E-state index in [0.717, 1.165) is 50.9 Å². The van der Waals surface area contributed by atoms with Crippen LogP contribution in [0, 0.1) is 18.7 Å². The molecule has 1 fully saturated rings. The van der Waals surface area contributed by atoms with E-state index in [0.29, 0.717) is 18.0 Å². The quantitative estimate of drug-likeness (QED) is 0.333. The molecule has 0 amide bonds. The van der Waals surface area contributed by atoms with Gasteiger partial charge in [-0.15, -0.1) is 24.0 Å². The van der Waals surface area contributed by atoms with Crippen LogP contribution in [0.5, 0.6) is 0 Å². The lowest BCUT2D eigenvalue weighted by molar-refractivity contribution is 0.121. The topological polar surface area (TPSA) is 48.9 Å². The van der Waals surface area contributed by atoms with Crippen LogP contribution in [0.25, 0.3) is 0 Å². The van der Waals surface area contributed by atoms with Crippen molar-refractivity contribution in [3.05, 3.63) is 35.1 Å². The number of ether oxygens (including phenoxy) is 1. The molecular formula is C20H34FIN4O. The third-order valence-electron chi connectivity index (χ3n) is 4.86. The maximum absolute atomic E-state index is 13.4. The molecule has 0 saturated carbocycles. The highest BCUT2D eigenvalue weighted by Gasteiger charge is 2.18. The maximum atomic E-state index is 13.4. The van der Waals surface area contributed by atoms with Gasteiger partial charge in [0.1, 0.15) is 5.82 Å². The van der Waals surface area contributed by atoms with Gasteiger partial charge in [0.25, 0.3) is 0 Å². The van der Waals surface area contributed by atoms with Gasteiger partial charge in [0.15, 0.2) is 5.96 Å². The number of aryl methyl sites for hydroxylation is 1. The molecule has 0 spiro atoms. The summed E-state index contributed by atoms with van der Waals surface area (Å²) in [6.45, 7) is 10.3. The highest BCUT2D eigenvalue weighted by molar-refractivity contribution is 14.0. The second kappa shape index (κ2) is 13.3. The fourth-order valence-corrected chi connectivity index (χ4v) is 3.19. The van der Waals surface area contributed by atoms with Crippen molar-refractivity contribution in [2.24, 2.45) is 10.9 Å². The average molecular weight is 492 g/mol. The number of aliphatic imine (C=N–C) groups is 1. The van der Waals surface area contributed by atoms with E-state index in [1.165, 1.54) is 18.9 Å². The van der Waals surface area contributed by atoms with E-state index in [4.69, 9.17) is 4.74 Å². The van der Waals surface area contributed by atoms with Crippen molar-refractivity contribution in [1.29, 1.82) is 0 Å². The summed E-state index contributed by atoms with van der Waals surface area (Å²) in [5, 5.41) is 6.76. The SMILES string of the molecule is CCNC(=NCc1ccc(F)c(C)c1)NCC1CCN(CCOC)CC1.I. The Kier molecular flexibility index (Phi) is 11.9. The Bertz CT molecular complexity index is 577. The lowest BCUT2D eigenvalue weighted by Gasteiger charge is -2.32. The minimum Gasteiger partial charge on any atom is -0.383 e. The molecule has 5 nitrogen and oxygen atoms in total. The number of halogens is 2. The van der Waals surface area contributed by atoms with Crippen LogP contribution in [0.15, 0.2) is 23.2 Å². The van der Waals surface area contributed by atoms with Crippen LogP contribution in [0.2, 0.25) is 0 Å². The molecule has 0 unspecified atom stereocenters. The van der Waals surface area contributed by atoms with Crippen LogP contribution in [0.4, 0.5) is 4.39 Å². The van der Waals surface area contributed by atoms with Gasteiger partial charge in [-0.3, -0.25) is 0 Å². The van der Waals surface area contributed by atoms with E-state index in [1.807, 2.05) is 6.07 Å². The smallest absolute Gasteiger partial charge is 0.191 e. The molecule has 7 heteroatoms. The van der Waals surface area contributed by atoms with Crippen molar-refractivity contribution >= 4 is 29.9 Å². The minimum atomic E-state index is -0.167. The summed E-state index contributed by atoms with van der Waals surface area (Å²) in [6.07, 6.45) is 2.40. The highest BCUT2D eigenvalue weighted by Crippen LogP contribution is 2.16. The number of hydrogen-bond acceptors (Lipinski definition) is 3. The molecule has 27 heavy (non-hydrogen) atoms. The third kappa shape index (κ3) is 8.74. The molecule has 154 valence electrons. The normalized spacial score (nSPS) is 16.1. The molecule has 1 aliphatic heterocycles. The lowest BCUT2D eigenvalue weighted by atomic mass is 9.97. The van der Waals surface area contributed by atoms with Gasteiger partial charge in [-0.2, -0.15) is 0 Å². The number of benzene rings is 1. The molecule has 2 rings (SSSR count). The van der Waals surface area contributed by atoms with E-state index in [1.54, 1.807) is 20.1 Å². The summed E-state index contributed by atoms with van der Waals surface area (Å²) in [4.78, 5) is 7.11. The van der Waals surface area contributed by atoms with Crippen LogP contribution >= 0.6 is 24.0 Å². The van der Waals surface area contributed by atoms with E-state index >= 15 is 0 Å². The predicted octanol–water partition coefficient (Wildman–Crippen LogP) is 3.17. The zero-order chi connectivity index (χ0) is 18.8. The van der Waals surface area contributed by atoms with Crippen LogP contribution in [0.3, 0.4) is 0 Å². The van der Waals surface area contributed by atoms with Crippen molar-refractivity contribution in [3.63, 3.8) is 0 Å². The Balaban J connectivity index is 0.00000364. The van der Waals surface area contributed by atoms with Gasteiger partial charge < -0.3 is 20.3 Å². The number of methoxy groups -OCH3 is 1. The number of nitrogens with one attached hydrogen (secondary N) is 2. The first-order chi connectivity index (χ1) is 12.6. The van der Waals surface area contributed by atoms with Crippen molar-refractivity contribution in [2.75, 3.05) is 46.4 Å². The fraction of sp³-hybridized carbons (Fsp3) is 0.650. The molecule has 0 bridgehead atoms. The van der Waals surface area contributed by atoms with Gasteiger partial charge in [-0.25, -0.2) is 9.38 Å². The summed E-state index contributed by atoms with van der Waals surface area (Å²) in [7, 11) is 1.76. The number of guanidine groups is 1. The van der Waals surface area contributed by atoms with Crippen LogP contribution < -0.4 is 10.6 Å². The first kappa shape index (κ1) is 24.1. The molecule has 1 aromatic carbocycles. The molecule has 1 aromatic rings. The molecule has 2 N–H and O–H groups in total. The van der Waals surface area contributed by atoms with Crippen molar-refractivity contribution < 1.29 is 9.13 Å². The Hall–Kier alpha value is -0.930. The van der Waals surface area contributed by atoms with Crippen molar-refractivity contribution in [1.82, 2.24) is 15.5 Å². The zero-order valence-electron chi connectivity index (χ0n) is 16.8. The second-order valence-electron chi connectivity index (χ2n) is 6.94. The molecule has 0 radical (unpaired) electrons. The van der Waals surface area contributed by atoms with Crippen molar-refractivity contribution in [3.8, 4) is 0 Å². The number of piperidine rings is 1. The average Bonchev–Trinajstić information content (AvgIpc) is 2.66. The van der Waals surface area contributed by atoms with Crippen LogP contribution in [-0.4, -0.2) is 57.3 Å². The molecule has 1 heterocycles. The molecule has 1 aliphatic rings. The zero-order valence-corrected chi connectivity index (χ0v) is 19.1. The minimum absolute atomic E-state index is 0. The highest BCUT2D eigenvalue weighted by atomic mass is 127. The summed E-state index contributed by atoms with van der Waals surface area (Å²) >= 11 is 0. The largest absolute Gasteiger partial charge is 0.383 e. The number of likely N-dealkylation sites (tertiary alicyclic amines) is 1.